The van der Waals surface area contributed by atoms with E-state index >= 15 is 0 Å². The highest BCUT2D eigenvalue weighted by atomic mass is 19.1. The van der Waals surface area contributed by atoms with Gasteiger partial charge in [0.15, 0.2) is 6.10 Å². The normalized spacial score (nSPS) is 22.8. The molecule has 0 aliphatic carbocycles. The number of hydroxylamine groups is 1. The Labute approximate surface area is 179 Å². The lowest BCUT2D eigenvalue weighted by Gasteiger charge is -2.28. The van der Waals surface area contributed by atoms with Gasteiger partial charge in [-0.3, -0.25) is 14.4 Å². The second-order valence-corrected chi connectivity index (χ2v) is 7.74. The molecule has 0 radical (unpaired) electrons. The Morgan fingerprint density at radius 1 is 0.839 bits per heavy atom. The minimum Gasteiger partial charge on any atom is -0.273 e. The number of fused-ring (bicyclic) bond motifs is 1. The van der Waals surface area contributed by atoms with E-state index in [1.165, 1.54) is 29.8 Å². The van der Waals surface area contributed by atoms with Crippen molar-refractivity contribution in [3.63, 3.8) is 0 Å². The molecule has 2 fully saturated rings. The van der Waals surface area contributed by atoms with Crippen molar-refractivity contribution in [2.24, 2.45) is 5.92 Å². The van der Waals surface area contributed by atoms with Crippen molar-refractivity contribution in [3.8, 4) is 0 Å². The van der Waals surface area contributed by atoms with Crippen LogP contribution in [0.3, 0.4) is 0 Å². The van der Waals surface area contributed by atoms with Crippen molar-refractivity contribution in [3.05, 3.63) is 95.8 Å². The van der Waals surface area contributed by atoms with Crippen LogP contribution in [0, 0.1) is 11.7 Å². The molecule has 2 heterocycles. The molecule has 3 atom stereocenters. The van der Waals surface area contributed by atoms with Crippen molar-refractivity contribution >= 4 is 23.2 Å². The lowest BCUT2D eigenvalue weighted by Crippen LogP contribution is -2.37. The first-order valence-electron chi connectivity index (χ1n) is 10.3. The molecular weight excluding hydrogens is 395 g/mol. The Morgan fingerprint density at radius 3 is 2.16 bits per heavy atom. The summed E-state index contributed by atoms with van der Waals surface area (Å²) in [6.45, 7) is 2.08. The van der Waals surface area contributed by atoms with E-state index in [-0.39, 0.29) is 5.91 Å². The predicted molar refractivity (Wildman–Crippen MR) is 115 cm³/mol. The topological polar surface area (TPSA) is 49.9 Å². The quantitative estimate of drug-likeness (QED) is 0.590. The van der Waals surface area contributed by atoms with Gasteiger partial charge in [0, 0.05) is 0 Å². The molecule has 0 spiro atoms. The van der Waals surface area contributed by atoms with E-state index < -0.39 is 29.8 Å². The van der Waals surface area contributed by atoms with Gasteiger partial charge in [0.05, 0.1) is 17.4 Å². The summed E-state index contributed by atoms with van der Waals surface area (Å²) >= 11 is 0. The van der Waals surface area contributed by atoms with Gasteiger partial charge in [-0.25, -0.2) is 14.4 Å². The fourth-order valence-electron chi connectivity index (χ4n) is 4.35. The monoisotopic (exact) mass is 416 g/mol. The number of aryl methyl sites for hydroxylation is 1. The summed E-state index contributed by atoms with van der Waals surface area (Å²) in [7, 11) is 0. The van der Waals surface area contributed by atoms with Crippen molar-refractivity contribution in [2.45, 2.75) is 25.5 Å². The largest absolute Gasteiger partial charge is 0.273 e. The average Bonchev–Trinajstić information content (AvgIpc) is 3.31. The third-order valence-electron chi connectivity index (χ3n) is 5.94. The second kappa shape index (κ2) is 7.63. The van der Waals surface area contributed by atoms with E-state index in [0.29, 0.717) is 5.69 Å². The van der Waals surface area contributed by atoms with Crippen LogP contribution >= 0.6 is 0 Å². The molecule has 0 aromatic heterocycles. The fourth-order valence-corrected chi connectivity index (χ4v) is 4.35. The number of carbonyl (C=O) groups excluding carboxylic acids is 2. The van der Waals surface area contributed by atoms with Crippen LogP contribution in [0.25, 0.3) is 0 Å². The van der Waals surface area contributed by atoms with Crippen LogP contribution in [0.15, 0.2) is 78.9 Å². The van der Waals surface area contributed by atoms with Crippen molar-refractivity contribution in [1.29, 1.82) is 0 Å². The molecule has 0 unspecified atom stereocenters. The number of halogens is 1. The number of imide groups is 1. The number of amides is 2. The number of para-hydroxylation sites is 1. The zero-order valence-corrected chi connectivity index (χ0v) is 16.9. The summed E-state index contributed by atoms with van der Waals surface area (Å²) in [5, 5.41) is 1.67. The van der Waals surface area contributed by atoms with Crippen molar-refractivity contribution < 1.29 is 18.8 Å². The van der Waals surface area contributed by atoms with Crippen LogP contribution in [0.1, 0.15) is 24.1 Å². The standard InChI is InChI=1S/C25H21FN2O3/c1-2-16-8-10-17(11-9-16)22-21-23(31-28(22)20-6-4-3-5-7-20)25(30)27(24(21)29)19-14-12-18(26)13-15-19/h3-15,21-23H,2H2,1H3/t21-,22-,23-/m0/s1. The molecule has 2 amide bonds. The molecular formula is C25H21FN2O3. The molecule has 2 saturated heterocycles. The summed E-state index contributed by atoms with van der Waals surface area (Å²) < 4.78 is 13.4. The van der Waals surface area contributed by atoms with Gasteiger partial charge < -0.3 is 0 Å². The molecule has 2 aliphatic rings. The van der Waals surface area contributed by atoms with Crippen molar-refractivity contribution in [2.75, 3.05) is 9.96 Å². The maximum absolute atomic E-state index is 13.5. The van der Waals surface area contributed by atoms with Crippen LogP contribution in [0.2, 0.25) is 0 Å². The molecule has 0 saturated carbocycles. The molecule has 0 bridgehead atoms. The zero-order valence-electron chi connectivity index (χ0n) is 16.9. The lowest BCUT2D eigenvalue weighted by molar-refractivity contribution is -0.126. The smallest absolute Gasteiger partial charge is 0.266 e. The first-order valence-corrected chi connectivity index (χ1v) is 10.3. The van der Waals surface area contributed by atoms with Gasteiger partial charge in [-0.05, 0) is 53.9 Å². The molecule has 0 N–H and O–H groups in total. The second-order valence-electron chi connectivity index (χ2n) is 7.74. The highest BCUT2D eigenvalue weighted by molar-refractivity contribution is 6.23. The summed E-state index contributed by atoms with van der Waals surface area (Å²) in [4.78, 5) is 33.9. The van der Waals surface area contributed by atoms with Crippen molar-refractivity contribution in [1.82, 2.24) is 0 Å². The third-order valence-corrected chi connectivity index (χ3v) is 5.94. The van der Waals surface area contributed by atoms with E-state index in [9.17, 15) is 14.0 Å². The van der Waals surface area contributed by atoms with Gasteiger partial charge in [-0.1, -0.05) is 49.4 Å². The number of rotatable bonds is 4. The van der Waals surface area contributed by atoms with E-state index in [2.05, 4.69) is 6.92 Å². The third kappa shape index (κ3) is 3.20. The average molecular weight is 416 g/mol. The Balaban J connectivity index is 1.57. The summed E-state index contributed by atoms with van der Waals surface area (Å²) in [5.74, 6) is -1.91. The molecule has 156 valence electrons. The molecule has 5 nitrogen and oxygen atoms in total. The maximum Gasteiger partial charge on any atom is 0.266 e. The van der Waals surface area contributed by atoms with Gasteiger partial charge in [0.2, 0.25) is 5.91 Å². The Kier molecular flexibility index (Phi) is 4.79. The molecule has 3 aromatic rings. The summed E-state index contributed by atoms with van der Waals surface area (Å²) in [5.41, 5.74) is 3.21. The van der Waals surface area contributed by atoms with Gasteiger partial charge in [-0.2, -0.15) is 0 Å². The summed E-state index contributed by atoms with van der Waals surface area (Å²) in [6.07, 6.45) is -0.0281. The first kappa shape index (κ1) is 19.5. The van der Waals surface area contributed by atoms with Crippen LogP contribution in [-0.4, -0.2) is 17.9 Å². The number of nitrogens with zero attached hydrogens (tertiary/aromatic N) is 2. The Hall–Kier alpha value is -3.51. The van der Waals surface area contributed by atoms with E-state index in [4.69, 9.17) is 4.84 Å². The van der Waals surface area contributed by atoms with Gasteiger partial charge in [0.1, 0.15) is 11.7 Å². The SMILES string of the molecule is CCc1ccc([C@H]2[C@@H]3C(=O)N(c4ccc(F)cc4)C(=O)[C@H]3ON2c2ccccc2)cc1. The van der Waals surface area contributed by atoms with E-state index in [1.54, 1.807) is 5.06 Å². The molecule has 3 aromatic carbocycles. The van der Waals surface area contributed by atoms with Crippen LogP contribution in [-0.2, 0) is 20.8 Å². The molecule has 31 heavy (non-hydrogen) atoms. The number of hydrogen-bond donors (Lipinski definition) is 0. The predicted octanol–water partition coefficient (Wildman–Crippen LogP) is 4.44. The highest BCUT2D eigenvalue weighted by Gasteiger charge is 2.60. The van der Waals surface area contributed by atoms with E-state index in [0.717, 1.165) is 22.6 Å². The maximum atomic E-state index is 13.5. The molecule has 2 aliphatic heterocycles. The van der Waals surface area contributed by atoms with Gasteiger partial charge in [0.25, 0.3) is 5.91 Å². The zero-order chi connectivity index (χ0) is 21.5. The fraction of sp³-hybridized carbons (Fsp3) is 0.200. The van der Waals surface area contributed by atoms with Gasteiger partial charge >= 0.3 is 0 Å². The minimum atomic E-state index is -0.936. The molecule has 6 heteroatoms. The van der Waals surface area contributed by atoms with Crippen LogP contribution in [0.5, 0.6) is 0 Å². The lowest BCUT2D eigenvalue weighted by atomic mass is 9.90. The number of benzene rings is 3. The van der Waals surface area contributed by atoms with Crippen LogP contribution in [0.4, 0.5) is 15.8 Å². The van der Waals surface area contributed by atoms with E-state index in [1.807, 2.05) is 54.6 Å². The Bertz CT molecular complexity index is 1120. The highest BCUT2D eigenvalue weighted by Crippen LogP contribution is 2.47. The number of hydrogen-bond acceptors (Lipinski definition) is 4. The Morgan fingerprint density at radius 2 is 1.52 bits per heavy atom. The number of carbonyl (C=O) groups is 2. The minimum absolute atomic E-state index is 0.343. The number of anilines is 2. The molecule has 5 rings (SSSR count). The summed E-state index contributed by atoms with van der Waals surface area (Å²) in [6, 6.07) is 22.4. The van der Waals surface area contributed by atoms with Gasteiger partial charge in [-0.15, -0.1) is 0 Å². The van der Waals surface area contributed by atoms with Crippen LogP contribution < -0.4 is 9.96 Å². The first-order chi connectivity index (χ1) is 15.1.